The molecule has 0 N–H and O–H groups in total. The zero-order valence-corrected chi connectivity index (χ0v) is 8.72. The fraction of sp³-hybridized carbons (Fsp3) is 0.250. The van der Waals surface area contributed by atoms with Crippen molar-refractivity contribution in [2.75, 3.05) is 0 Å². The summed E-state index contributed by atoms with van der Waals surface area (Å²) >= 11 is 8.99. The van der Waals surface area contributed by atoms with Crippen molar-refractivity contribution in [1.29, 1.82) is 0 Å². The zero-order valence-electron chi connectivity index (χ0n) is 6.38. The molecule has 1 aromatic rings. The number of aromatic nitrogens is 1. The van der Waals surface area contributed by atoms with Crippen LogP contribution >= 0.6 is 27.5 Å². The average molecular weight is 246 g/mol. The van der Waals surface area contributed by atoms with Gasteiger partial charge in [-0.25, -0.2) is 11.6 Å². The van der Waals surface area contributed by atoms with Crippen LogP contribution in [0.4, 0.5) is 0 Å². The fourth-order valence-electron chi connectivity index (χ4n) is 0.817. The Morgan fingerprint density at radius 3 is 3.00 bits per heavy atom. The lowest BCUT2D eigenvalue weighted by atomic mass is 10.1. The number of hydrogen-bond acceptors (Lipinski definition) is 1. The molecule has 0 amide bonds. The number of nitrogens with zero attached hydrogens (tertiary/aromatic N) is 2. The standard InChI is InChI=1S/C8H6BrClN2/c1-5(11-2)6-3-8(10)12-4-7(6)9/h3-5H,1H3. The van der Waals surface area contributed by atoms with Crippen molar-refractivity contribution in [3.63, 3.8) is 0 Å². The second-order valence-corrected chi connectivity index (χ2v) is 3.58. The Bertz CT molecular complexity index is 332. The van der Waals surface area contributed by atoms with E-state index in [1.54, 1.807) is 12.3 Å². The van der Waals surface area contributed by atoms with Crippen LogP contribution in [-0.2, 0) is 0 Å². The molecule has 12 heavy (non-hydrogen) atoms. The number of halogens is 2. The largest absolute Gasteiger partial charge is 0.309 e. The van der Waals surface area contributed by atoms with Gasteiger partial charge in [0.15, 0.2) is 0 Å². The van der Waals surface area contributed by atoms with Gasteiger partial charge in [-0.2, -0.15) is 0 Å². The molecule has 1 heterocycles. The molecule has 0 aliphatic heterocycles. The van der Waals surface area contributed by atoms with Gasteiger partial charge in [0.05, 0.1) is 5.56 Å². The fourth-order valence-corrected chi connectivity index (χ4v) is 1.53. The first-order chi connectivity index (χ1) is 5.65. The molecule has 0 spiro atoms. The van der Waals surface area contributed by atoms with E-state index in [2.05, 4.69) is 25.8 Å². The molecule has 0 saturated carbocycles. The second kappa shape index (κ2) is 3.88. The van der Waals surface area contributed by atoms with Gasteiger partial charge in [-0.1, -0.05) is 11.6 Å². The highest BCUT2D eigenvalue weighted by molar-refractivity contribution is 9.10. The molecule has 4 heteroatoms. The monoisotopic (exact) mass is 244 g/mol. The van der Waals surface area contributed by atoms with Gasteiger partial charge in [0.25, 0.3) is 0 Å². The smallest absolute Gasteiger partial charge is 0.247 e. The van der Waals surface area contributed by atoms with Gasteiger partial charge in [-0.15, -0.1) is 0 Å². The average Bonchev–Trinajstić information content (AvgIpc) is 2.08. The molecular formula is C8H6BrClN2. The first-order valence-corrected chi connectivity index (χ1v) is 4.49. The summed E-state index contributed by atoms with van der Waals surface area (Å²) in [7, 11) is 0. The lowest BCUT2D eigenvalue weighted by Crippen LogP contribution is -1.90. The van der Waals surface area contributed by atoms with Crippen LogP contribution in [0.5, 0.6) is 0 Å². The summed E-state index contributed by atoms with van der Waals surface area (Å²) in [5.41, 5.74) is 0.880. The summed E-state index contributed by atoms with van der Waals surface area (Å²) in [6.07, 6.45) is 1.61. The van der Waals surface area contributed by atoms with Crippen LogP contribution in [0.2, 0.25) is 5.15 Å². The highest BCUT2D eigenvalue weighted by Gasteiger charge is 2.13. The Kier molecular flexibility index (Phi) is 3.07. The summed E-state index contributed by atoms with van der Waals surface area (Å²) in [5, 5.41) is 0.420. The van der Waals surface area contributed by atoms with Crippen molar-refractivity contribution >= 4 is 27.5 Å². The molecule has 1 aromatic heterocycles. The van der Waals surface area contributed by atoms with E-state index in [1.807, 2.05) is 6.92 Å². The van der Waals surface area contributed by atoms with Crippen molar-refractivity contribution < 1.29 is 0 Å². The van der Waals surface area contributed by atoms with Crippen molar-refractivity contribution in [1.82, 2.24) is 4.98 Å². The zero-order chi connectivity index (χ0) is 9.14. The molecule has 0 saturated heterocycles. The molecule has 0 radical (unpaired) electrons. The van der Waals surface area contributed by atoms with E-state index >= 15 is 0 Å². The molecule has 0 aliphatic carbocycles. The van der Waals surface area contributed by atoms with Crippen LogP contribution < -0.4 is 0 Å². The lowest BCUT2D eigenvalue weighted by Gasteiger charge is -2.01. The molecule has 0 aromatic carbocycles. The summed E-state index contributed by atoms with van der Waals surface area (Å²) in [4.78, 5) is 7.27. The maximum Gasteiger partial charge on any atom is 0.247 e. The van der Waals surface area contributed by atoms with Crippen molar-refractivity contribution in [2.24, 2.45) is 0 Å². The van der Waals surface area contributed by atoms with E-state index in [-0.39, 0.29) is 6.04 Å². The first kappa shape index (κ1) is 9.50. The van der Waals surface area contributed by atoms with Crippen molar-refractivity contribution in [3.8, 4) is 0 Å². The Balaban J connectivity index is 3.15. The molecule has 0 bridgehead atoms. The minimum absolute atomic E-state index is 0.181. The van der Waals surface area contributed by atoms with Crippen LogP contribution in [0.25, 0.3) is 4.85 Å². The van der Waals surface area contributed by atoms with Crippen molar-refractivity contribution in [3.05, 3.63) is 38.9 Å². The van der Waals surface area contributed by atoms with Crippen LogP contribution in [0.3, 0.4) is 0 Å². The van der Waals surface area contributed by atoms with Crippen LogP contribution in [-0.4, -0.2) is 4.98 Å². The number of pyridine rings is 1. The summed E-state index contributed by atoms with van der Waals surface area (Å²) in [6, 6.07) is 1.52. The third-order valence-electron chi connectivity index (χ3n) is 1.50. The molecule has 1 atom stereocenters. The molecule has 0 aliphatic rings. The second-order valence-electron chi connectivity index (χ2n) is 2.33. The van der Waals surface area contributed by atoms with Crippen LogP contribution in [0, 0.1) is 6.57 Å². The highest BCUT2D eigenvalue weighted by atomic mass is 79.9. The van der Waals surface area contributed by atoms with E-state index in [0.29, 0.717) is 5.15 Å². The molecule has 1 unspecified atom stereocenters. The SMILES string of the molecule is [C-]#[N+]C(C)c1cc(Cl)ncc1Br. The maximum atomic E-state index is 6.85. The van der Waals surface area contributed by atoms with E-state index < -0.39 is 0 Å². The molecule has 1 rings (SSSR count). The molecule has 0 fully saturated rings. The summed E-state index contributed by atoms with van der Waals surface area (Å²) < 4.78 is 0.829. The van der Waals surface area contributed by atoms with Gasteiger partial charge < -0.3 is 4.85 Å². The molecule has 62 valence electrons. The predicted octanol–water partition coefficient (Wildman–Crippen LogP) is 3.48. The summed E-state index contributed by atoms with van der Waals surface area (Å²) in [5.74, 6) is 0. The predicted molar refractivity (Wildman–Crippen MR) is 52.0 cm³/mol. The Hall–Kier alpha value is -0.590. The maximum absolute atomic E-state index is 6.85. The topological polar surface area (TPSA) is 17.2 Å². The highest BCUT2D eigenvalue weighted by Crippen LogP contribution is 2.26. The van der Waals surface area contributed by atoms with Crippen LogP contribution in [0.1, 0.15) is 18.5 Å². The van der Waals surface area contributed by atoms with Crippen molar-refractivity contribution in [2.45, 2.75) is 13.0 Å². The van der Waals surface area contributed by atoms with E-state index in [9.17, 15) is 0 Å². The van der Waals surface area contributed by atoms with E-state index in [1.165, 1.54) is 0 Å². The van der Waals surface area contributed by atoms with E-state index in [4.69, 9.17) is 18.2 Å². The third kappa shape index (κ3) is 1.96. The van der Waals surface area contributed by atoms with Gasteiger partial charge >= 0.3 is 0 Å². The van der Waals surface area contributed by atoms with E-state index in [0.717, 1.165) is 10.0 Å². The molecule has 2 nitrogen and oxygen atoms in total. The minimum Gasteiger partial charge on any atom is -0.309 e. The quantitative estimate of drug-likeness (QED) is 0.547. The third-order valence-corrected chi connectivity index (χ3v) is 2.36. The van der Waals surface area contributed by atoms with Gasteiger partial charge in [-0.3, -0.25) is 0 Å². The van der Waals surface area contributed by atoms with Gasteiger partial charge in [0.2, 0.25) is 6.04 Å². The van der Waals surface area contributed by atoms with Gasteiger partial charge in [0, 0.05) is 17.6 Å². The van der Waals surface area contributed by atoms with Crippen LogP contribution in [0.15, 0.2) is 16.7 Å². The normalized spacial score (nSPS) is 12.2. The first-order valence-electron chi connectivity index (χ1n) is 3.32. The number of hydrogen-bond donors (Lipinski definition) is 0. The van der Waals surface area contributed by atoms with Gasteiger partial charge in [0.1, 0.15) is 5.15 Å². The molecular weight excluding hydrogens is 239 g/mol. The Labute approximate surface area is 84.5 Å². The Morgan fingerprint density at radius 2 is 2.42 bits per heavy atom. The summed E-state index contributed by atoms with van der Waals surface area (Å²) in [6.45, 7) is 8.68. The lowest BCUT2D eigenvalue weighted by molar-refractivity contribution is 0.946. The van der Waals surface area contributed by atoms with Gasteiger partial charge in [-0.05, 0) is 22.0 Å². The minimum atomic E-state index is -0.181. The number of rotatable bonds is 1. The Morgan fingerprint density at radius 1 is 1.75 bits per heavy atom.